The quantitative estimate of drug-likeness (QED) is 0.260. The third-order valence-corrected chi connectivity index (χ3v) is 6.02. The fraction of sp³-hybridized carbons (Fsp3) is 0.0357. The Morgan fingerprint density at radius 3 is 2.58 bits per heavy atom. The first-order chi connectivity index (χ1) is 17.6. The van der Waals surface area contributed by atoms with Crippen LogP contribution >= 0.6 is 11.9 Å². The van der Waals surface area contributed by atoms with Crippen LogP contribution in [-0.4, -0.2) is 16.9 Å². The molecule has 5 aromatic rings. The summed E-state index contributed by atoms with van der Waals surface area (Å²) in [5.41, 5.74) is 3.32. The lowest BCUT2D eigenvalue weighted by Crippen LogP contribution is -2.36. The van der Waals surface area contributed by atoms with E-state index >= 15 is 0 Å². The van der Waals surface area contributed by atoms with Gasteiger partial charge in [-0.2, -0.15) is 0 Å². The van der Waals surface area contributed by atoms with Gasteiger partial charge in [0.15, 0.2) is 5.76 Å². The monoisotopic (exact) mass is 495 g/mol. The summed E-state index contributed by atoms with van der Waals surface area (Å²) in [6.07, 6.45) is 1.72. The molecule has 178 valence electrons. The molecule has 0 saturated heterocycles. The summed E-state index contributed by atoms with van der Waals surface area (Å²) in [6, 6.07) is 29.3. The van der Waals surface area contributed by atoms with E-state index < -0.39 is 11.9 Å². The number of pyridine rings is 1. The highest BCUT2D eigenvalue weighted by Crippen LogP contribution is 2.26. The van der Waals surface area contributed by atoms with Crippen molar-refractivity contribution in [2.45, 2.75) is 11.5 Å². The summed E-state index contributed by atoms with van der Waals surface area (Å²) in [5, 5.41) is 3.03. The molecular weight excluding hydrogens is 474 g/mol. The minimum atomic E-state index is -0.657. The van der Waals surface area contributed by atoms with Gasteiger partial charge in [0.1, 0.15) is 17.9 Å². The Kier molecular flexibility index (Phi) is 6.95. The van der Waals surface area contributed by atoms with Gasteiger partial charge in [-0.05, 0) is 72.1 Å². The molecule has 0 radical (unpaired) electrons. The molecule has 2 aromatic heterocycles. The van der Waals surface area contributed by atoms with Crippen molar-refractivity contribution in [1.82, 2.24) is 15.0 Å². The highest BCUT2D eigenvalue weighted by Gasteiger charge is 2.16. The van der Waals surface area contributed by atoms with Crippen molar-refractivity contribution >= 4 is 34.9 Å². The molecular formula is C28H21N3O4S. The maximum Gasteiger partial charge on any atom is 0.332 e. The van der Waals surface area contributed by atoms with E-state index in [1.165, 1.54) is 0 Å². The smallest absolute Gasteiger partial charge is 0.332 e. The molecule has 0 bridgehead atoms. The van der Waals surface area contributed by atoms with Crippen LogP contribution in [0.2, 0.25) is 0 Å². The van der Waals surface area contributed by atoms with Gasteiger partial charge in [0.2, 0.25) is 0 Å². The average molecular weight is 496 g/mol. The molecule has 2 N–H and O–H groups in total. The third-order valence-electron chi connectivity index (χ3n) is 5.24. The van der Waals surface area contributed by atoms with Gasteiger partial charge in [0.25, 0.3) is 5.91 Å². The molecule has 0 saturated carbocycles. The lowest BCUT2D eigenvalue weighted by atomic mass is 10.1. The molecule has 0 unspecified atom stereocenters. The number of furan rings is 1. The normalized spacial score (nSPS) is 10.7. The van der Waals surface area contributed by atoms with Crippen molar-refractivity contribution in [1.29, 1.82) is 0 Å². The Balaban J connectivity index is 1.16. The number of ether oxygens (including phenoxy) is 1. The zero-order valence-corrected chi connectivity index (χ0v) is 19.8. The van der Waals surface area contributed by atoms with Gasteiger partial charge in [-0.3, -0.25) is 19.8 Å². The number of nitrogens with zero attached hydrogens (tertiary/aromatic N) is 1. The third kappa shape index (κ3) is 5.73. The highest BCUT2D eigenvalue weighted by molar-refractivity contribution is 7.98. The summed E-state index contributed by atoms with van der Waals surface area (Å²) in [6.45, 7) is 0.443. The second-order valence-electron chi connectivity index (χ2n) is 7.81. The number of amides is 3. The molecule has 0 aliphatic heterocycles. The van der Waals surface area contributed by atoms with Crippen LogP contribution in [0.15, 0.2) is 113 Å². The van der Waals surface area contributed by atoms with E-state index in [9.17, 15) is 9.59 Å². The molecule has 2 heterocycles. The van der Waals surface area contributed by atoms with Crippen LogP contribution in [0.5, 0.6) is 5.75 Å². The molecule has 0 spiro atoms. The van der Waals surface area contributed by atoms with E-state index in [-0.39, 0.29) is 5.76 Å². The van der Waals surface area contributed by atoms with Crippen LogP contribution < -0.4 is 14.8 Å². The van der Waals surface area contributed by atoms with Crippen LogP contribution in [0.25, 0.3) is 22.2 Å². The summed E-state index contributed by atoms with van der Waals surface area (Å²) >= 11 is 1.07. The van der Waals surface area contributed by atoms with Gasteiger partial charge < -0.3 is 9.15 Å². The Labute approximate surface area is 211 Å². The van der Waals surface area contributed by atoms with Crippen molar-refractivity contribution in [3.63, 3.8) is 0 Å². The number of carbonyl (C=O) groups is 2. The first-order valence-corrected chi connectivity index (χ1v) is 12.0. The molecule has 0 atom stereocenters. The summed E-state index contributed by atoms with van der Waals surface area (Å²) in [4.78, 5) is 30.0. The minimum absolute atomic E-state index is 0.0413. The fourth-order valence-corrected chi connectivity index (χ4v) is 4.10. The standard InChI is InChI=1S/C28H21N3O4S/c32-27(26-16-21-15-20(12-13-25(21)35-26)24-11-4-5-14-29-24)30-28(33)31-36-23-10-6-9-22(17-23)34-18-19-7-2-1-3-8-19/h1-17H,18H2,(H2,30,31,32,33). The molecule has 5 rings (SSSR count). The second-order valence-corrected chi connectivity index (χ2v) is 8.69. The van der Waals surface area contributed by atoms with Crippen molar-refractivity contribution in [2.75, 3.05) is 0 Å². The highest BCUT2D eigenvalue weighted by atomic mass is 32.2. The summed E-state index contributed by atoms with van der Waals surface area (Å²) < 4.78 is 14.0. The van der Waals surface area contributed by atoms with Gasteiger partial charge in [0, 0.05) is 22.0 Å². The number of carbonyl (C=O) groups excluding carboxylic acids is 2. The maximum absolute atomic E-state index is 12.6. The zero-order chi connectivity index (χ0) is 24.7. The molecule has 3 aromatic carbocycles. The van der Waals surface area contributed by atoms with E-state index in [0.717, 1.165) is 39.1 Å². The molecule has 36 heavy (non-hydrogen) atoms. The summed E-state index contributed by atoms with van der Waals surface area (Å²) in [7, 11) is 0. The molecule has 0 aliphatic rings. The second kappa shape index (κ2) is 10.8. The molecule has 0 fully saturated rings. The molecule has 7 nitrogen and oxygen atoms in total. The van der Waals surface area contributed by atoms with E-state index in [4.69, 9.17) is 9.15 Å². The van der Waals surface area contributed by atoms with Gasteiger partial charge in [-0.15, -0.1) is 0 Å². The van der Waals surface area contributed by atoms with Crippen molar-refractivity contribution in [2.24, 2.45) is 0 Å². The van der Waals surface area contributed by atoms with E-state index in [0.29, 0.717) is 17.9 Å². The number of urea groups is 1. The maximum atomic E-state index is 12.6. The predicted octanol–water partition coefficient (Wildman–Crippen LogP) is 6.22. The lowest BCUT2D eigenvalue weighted by molar-refractivity contribution is 0.0940. The van der Waals surface area contributed by atoms with Crippen molar-refractivity contribution in [3.05, 3.63) is 115 Å². The first-order valence-electron chi connectivity index (χ1n) is 11.1. The number of benzene rings is 3. The lowest BCUT2D eigenvalue weighted by Gasteiger charge is -2.08. The number of imide groups is 1. The van der Waals surface area contributed by atoms with Gasteiger partial charge in [-0.25, -0.2) is 4.79 Å². The molecule has 3 amide bonds. The number of hydrogen-bond acceptors (Lipinski definition) is 6. The van der Waals surface area contributed by atoms with Crippen molar-refractivity contribution in [3.8, 4) is 17.0 Å². The predicted molar refractivity (Wildman–Crippen MR) is 139 cm³/mol. The van der Waals surface area contributed by atoms with E-state index in [2.05, 4.69) is 15.0 Å². The van der Waals surface area contributed by atoms with Crippen molar-refractivity contribution < 1.29 is 18.7 Å². The van der Waals surface area contributed by atoms with E-state index in [1.807, 2.05) is 84.9 Å². The Bertz CT molecular complexity index is 1500. The van der Waals surface area contributed by atoms with Gasteiger partial charge in [-0.1, -0.05) is 42.5 Å². The molecule has 0 aliphatic carbocycles. The SMILES string of the molecule is O=C(NSc1cccc(OCc2ccccc2)c1)NC(=O)c1cc2cc(-c3ccccn3)ccc2o1. The number of rotatable bonds is 7. The number of nitrogens with one attached hydrogen (secondary N) is 2. The summed E-state index contributed by atoms with van der Waals surface area (Å²) in [5.74, 6) is 0.0812. The van der Waals surface area contributed by atoms with E-state index in [1.54, 1.807) is 18.3 Å². The zero-order valence-electron chi connectivity index (χ0n) is 19.0. The largest absolute Gasteiger partial charge is 0.489 e. The number of hydrogen-bond donors (Lipinski definition) is 2. The Morgan fingerprint density at radius 1 is 0.889 bits per heavy atom. The Hall–Kier alpha value is -4.56. The minimum Gasteiger partial charge on any atom is -0.489 e. The van der Waals surface area contributed by atoms with Crippen LogP contribution in [0.1, 0.15) is 16.1 Å². The number of aromatic nitrogens is 1. The van der Waals surface area contributed by atoms with Gasteiger partial charge >= 0.3 is 6.03 Å². The van der Waals surface area contributed by atoms with Crippen LogP contribution in [0, 0.1) is 0 Å². The fourth-order valence-electron chi connectivity index (χ4n) is 3.51. The van der Waals surface area contributed by atoms with Crippen LogP contribution in [-0.2, 0) is 6.61 Å². The Morgan fingerprint density at radius 2 is 1.75 bits per heavy atom. The first kappa shape index (κ1) is 23.2. The van der Waals surface area contributed by atoms with Gasteiger partial charge in [0.05, 0.1) is 5.69 Å². The van der Waals surface area contributed by atoms with Crippen LogP contribution in [0.3, 0.4) is 0 Å². The molecule has 8 heteroatoms. The average Bonchev–Trinajstić information content (AvgIpc) is 3.36. The number of fused-ring (bicyclic) bond motifs is 1. The topological polar surface area (TPSA) is 93.5 Å². The van der Waals surface area contributed by atoms with Crippen LogP contribution in [0.4, 0.5) is 4.79 Å².